The van der Waals surface area contributed by atoms with E-state index < -0.39 is 11.8 Å². The Kier molecular flexibility index (Phi) is 4.98. The first-order valence-corrected chi connectivity index (χ1v) is 6.70. The fraction of sp³-hybridized carbons (Fsp3) is 0.125. The van der Waals surface area contributed by atoms with Crippen molar-refractivity contribution in [3.05, 3.63) is 59.9 Å². The lowest BCUT2D eigenvalue weighted by Gasteiger charge is -2.05. The van der Waals surface area contributed by atoms with E-state index in [0.29, 0.717) is 17.1 Å². The Morgan fingerprint density at radius 2 is 1.77 bits per heavy atom. The van der Waals surface area contributed by atoms with Crippen LogP contribution >= 0.6 is 0 Å². The lowest BCUT2D eigenvalue weighted by Crippen LogP contribution is -2.33. The first kappa shape index (κ1) is 15.4. The van der Waals surface area contributed by atoms with Crippen LogP contribution in [-0.4, -0.2) is 22.5 Å². The van der Waals surface area contributed by atoms with Crippen molar-refractivity contribution in [1.29, 1.82) is 0 Å². The van der Waals surface area contributed by atoms with Crippen molar-refractivity contribution in [3.63, 3.8) is 0 Å². The topological polar surface area (TPSA) is 83.5 Å². The molecule has 0 radical (unpaired) electrons. The lowest BCUT2D eigenvalue weighted by atomic mass is 10.2. The minimum Gasteiger partial charge on any atom is -0.318 e. The average Bonchev–Trinajstić information content (AvgIpc) is 2.55. The van der Waals surface area contributed by atoms with Crippen molar-refractivity contribution in [1.82, 2.24) is 10.4 Å². The van der Waals surface area contributed by atoms with Gasteiger partial charge in [0.1, 0.15) is 0 Å². The van der Waals surface area contributed by atoms with Gasteiger partial charge in [-0.15, -0.1) is 0 Å². The van der Waals surface area contributed by atoms with E-state index in [-0.39, 0.29) is 0 Å². The highest BCUT2D eigenvalue weighted by Crippen LogP contribution is 2.08. The van der Waals surface area contributed by atoms with Crippen LogP contribution in [0, 0.1) is 6.92 Å². The third-order valence-electron chi connectivity index (χ3n) is 2.88. The molecule has 1 aromatic heterocycles. The molecule has 112 valence electrons. The zero-order valence-corrected chi connectivity index (χ0v) is 12.3. The molecule has 1 aromatic carbocycles. The number of hydrazone groups is 1. The molecule has 2 rings (SSSR count). The van der Waals surface area contributed by atoms with E-state index in [9.17, 15) is 9.59 Å². The number of hydrogen-bond acceptors (Lipinski definition) is 4. The van der Waals surface area contributed by atoms with E-state index in [0.717, 1.165) is 5.56 Å². The molecule has 0 aliphatic carbocycles. The normalized spacial score (nSPS) is 10.9. The Balaban J connectivity index is 1.94. The Labute approximate surface area is 128 Å². The standard InChI is InChI=1S/C16H16N4O2/c1-11-6-8-13(9-7-11)18-15(21)16(22)20-19-12(2)14-5-3-4-10-17-14/h3-10H,1-2H3,(H,18,21)(H,20,22)/b19-12-. The van der Waals surface area contributed by atoms with Crippen molar-refractivity contribution in [2.24, 2.45) is 5.10 Å². The first-order valence-electron chi connectivity index (χ1n) is 6.70. The van der Waals surface area contributed by atoms with E-state index in [2.05, 4.69) is 20.8 Å². The van der Waals surface area contributed by atoms with Gasteiger partial charge < -0.3 is 5.32 Å². The number of amides is 2. The fourth-order valence-corrected chi connectivity index (χ4v) is 1.64. The largest absolute Gasteiger partial charge is 0.329 e. The first-order chi connectivity index (χ1) is 10.6. The maximum Gasteiger partial charge on any atom is 0.329 e. The van der Waals surface area contributed by atoms with Gasteiger partial charge in [0.05, 0.1) is 11.4 Å². The minimum atomic E-state index is -0.837. The number of rotatable bonds is 3. The summed E-state index contributed by atoms with van der Waals surface area (Å²) in [5, 5.41) is 6.36. The third kappa shape index (κ3) is 4.24. The highest BCUT2D eigenvalue weighted by molar-refractivity contribution is 6.39. The van der Waals surface area contributed by atoms with Crippen LogP contribution < -0.4 is 10.7 Å². The molecule has 2 N–H and O–H groups in total. The van der Waals surface area contributed by atoms with Gasteiger partial charge in [0, 0.05) is 11.9 Å². The SMILES string of the molecule is C/C(=N/NC(=O)C(=O)Nc1ccc(C)cc1)c1ccccn1. The Morgan fingerprint density at radius 1 is 1.05 bits per heavy atom. The van der Waals surface area contributed by atoms with Gasteiger partial charge in [-0.05, 0) is 38.1 Å². The van der Waals surface area contributed by atoms with Crippen LogP contribution in [0.3, 0.4) is 0 Å². The number of nitrogens with zero attached hydrogens (tertiary/aromatic N) is 2. The van der Waals surface area contributed by atoms with Gasteiger partial charge in [0.2, 0.25) is 0 Å². The molecule has 0 aliphatic rings. The van der Waals surface area contributed by atoms with E-state index in [1.165, 1.54) is 0 Å². The van der Waals surface area contributed by atoms with E-state index in [1.54, 1.807) is 37.4 Å². The summed E-state index contributed by atoms with van der Waals surface area (Å²) in [5.41, 5.74) is 4.97. The zero-order chi connectivity index (χ0) is 15.9. The van der Waals surface area contributed by atoms with Crippen LogP contribution in [0.1, 0.15) is 18.2 Å². The summed E-state index contributed by atoms with van der Waals surface area (Å²) in [5.74, 6) is -1.61. The van der Waals surface area contributed by atoms with Crippen molar-refractivity contribution in [2.45, 2.75) is 13.8 Å². The smallest absolute Gasteiger partial charge is 0.318 e. The second kappa shape index (κ2) is 7.12. The summed E-state index contributed by atoms with van der Waals surface area (Å²) in [7, 11) is 0. The molecule has 6 nitrogen and oxygen atoms in total. The number of nitrogens with one attached hydrogen (secondary N) is 2. The molecule has 0 bridgehead atoms. The van der Waals surface area contributed by atoms with Crippen LogP contribution in [0.2, 0.25) is 0 Å². The second-order valence-corrected chi connectivity index (χ2v) is 4.67. The molecule has 0 spiro atoms. The van der Waals surface area contributed by atoms with Gasteiger partial charge in [0.25, 0.3) is 0 Å². The molecule has 0 unspecified atom stereocenters. The van der Waals surface area contributed by atoms with Crippen LogP contribution in [0.5, 0.6) is 0 Å². The summed E-state index contributed by atoms with van der Waals surface area (Å²) in [6.45, 7) is 3.63. The van der Waals surface area contributed by atoms with Crippen molar-refractivity contribution < 1.29 is 9.59 Å². The number of pyridine rings is 1. The molecule has 0 atom stereocenters. The molecule has 6 heteroatoms. The van der Waals surface area contributed by atoms with Crippen LogP contribution in [0.25, 0.3) is 0 Å². The average molecular weight is 296 g/mol. The molecule has 2 aromatic rings. The maximum atomic E-state index is 11.7. The van der Waals surface area contributed by atoms with Gasteiger partial charge in [-0.25, -0.2) is 5.43 Å². The monoisotopic (exact) mass is 296 g/mol. The summed E-state index contributed by atoms with van der Waals surface area (Å²) < 4.78 is 0. The predicted octanol–water partition coefficient (Wildman–Crippen LogP) is 1.87. The quantitative estimate of drug-likeness (QED) is 0.515. The Bertz CT molecular complexity index is 694. The highest BCUT2D eigenvalue weighted by atomic mass is 16.2. The Morgan fingerprint density at radius 3 is 2.41 bits per heavy atom. The molecule has 2 amide bonds. The van der Waals surface area contributed by atoms with Gasteiger partial charge in [-0.3, -0.25) is 14.6 Å². The van der Waals surface area contributed by atoms with Crippen LogP contribution in [0.15, 0.2) is 53.8 Å². The molecule has 22 heavy (non-hydrogen) atoms. The number of aromatic nitrogens is 1. The molecule has 0 saturated heterocycles. The van der Waals surface area contributed by atoms with Crippen molar-refractivity contribution in [2.75, 3.05) is 5.32 Å². The third-order valence-corrected chi connectivity index (χ3v) is 2.88. The van der Waals surface area contributed by atoms with Gasteiger partial charge in [0.15, 0.2) is 0 Å². The fourth-order valence-electron chi connectivity index (χ4n) is 1.64. The summed E-state index contributed by atoms with van der Waals surface area (Å²) in [6, 6.07) is 12.5. The minimum absolute atomic E-state index is 0.511. The van der Waals surface area contributed by atoms with E-state index >= 15 is 0 Å². The van der Waals surface area contributed by atoms with Crippen molar-refractivity contribution in [3.8, 4) is 0 Å². The van der Waals surface area contributed by atoms with E-state index in [4.69, 9.17) is 0 Å². The molecular formula is C16H16N4O2. The predicted molar refractivity (Wildman–Crippen MR) is 84.4 cm³/mol. The molecule has 0 saturated carbocycles. The number of anilines is 1. The maximum absolute atomic E-state index is 11.7. The van der Waals surface area contributed by atoms with Gasteiger partial charge >= 0.3 is 11.8 Å². The van der Waals surface area contributed by atoms with Crippen molar-refractivity contribution >= 4 is 23.2 Å². The summed E-state index contributed by atoms with van der Waals surface area (Å²) in [4.78, 5) is 27.5. The number of carbonyl (C=O) groups is 2. The number of aryl methyl sites for hydroxylation is 1. The van der Waals surface area contributed by atoms with Crippen LogP contribution in [-0.2, 0) is 9.59 Å². The lowest BCUT2D eigenvalue weighted by molar-refractivity contribution is -0.136. The van der Waals surface area contributed by atoms with Gasteiger partial charge in [-0.2, -0.15) is 5.10 Å². The second-order valence-electron chi connectivity index (χ2n) is 4.67. The van der Waals surface area contributed by atoms with Crippen LogP contribution in [0.4, 0.5) is 5.69 Å². The summed E-state index contributed by atoms with van der Waals surface area (Å²) >= 11 is 0. The Hall–Kier alpha value is -3.02. The zero-order valence-electron chi connectivity index (χ0n) is 12.3. The number of carbonyl (C=O) groups excluding carboxylic acids is 2. The molecule has 0 fully saturated rings. The molecular weight excluding hydrogens is 280 g/mol. The number of hydrogen-bond donors (Lipinski definition) is 2. The number of benzene rings is 1. The molecule has 0 aliphatic heterocycles. The summed E-state index contributed by atoms with van der Waals surface area (Å²) in [6.07, 6.45) is 1.63. The van der Waals surface area contributed by atoms with E-state index in [1.807, 2.05) is 25.1 Å². The molecule has 1 heterocycles. The van der Waals surface area contributed by atoms with Gasteiger partial charge in [-0.1, -0.05) is 23.8 Å². The highest BCUT2D eigenvalue weighted by Gasteiger charge is 2.13.